The number of nitrogens with zero attached hydrogens (tertiary/aromatic N) is 6. The van der Waals surface area contributed by atoms with Crippen molar-refractivity contribution in [2.45, 2.75) is 13.5 Å². The van der Waals surface area contributed by atoms with Crippen LogP contribution in [0.3, 0.4) is 0 Å². The van der Waals surface area contributed by atoms with Crippen LogP contribution in [0.4, 0.5) is 5.95 Å². The highest BCUT2D eigenvalue weighted by molar-refractivity contribution is 5.97. The molecule has 0 aliphatic carbocycles. The molecule has 27 heavy (non-hydrogen) atoms. The summed E-state index contributed by atoms with van der Waals surface area (Å²) in [5.41, 5.74) is 2.36. The van der Waals surface area contributed by atoms with E-state index in [1.54, 1.807) is 18.9 Å². The molecule has 4 rings (SSSR count). The van der Waals surface area contributed by atoms with E-state index in [2.05, 4.69) is 19.6 Å². The van der Waals surface area contributed by atoms with Gasteiger partial charge in [0, 0.05) is 32.7 Å². The van der Waals surface area contributed by atoms with Gasteiger partial charge in [-0.2, -0.15) is 4.98 Å². The lowest BCUT2D eigenvalue weighted by atomic mass is 10.1. The first-order valence-electron chi connectivity index (χ1n) is 8.87. The topological polar surface area (TPSA) is 89.5 Å². The molecular weight excluding hydrogens is 348 g/mol. The Labute approximate surface area is 156 Å². The van der Waals surface area contributed by atoms with Crippen LogP contribution in [0.1, 0.15) is 22.1 Å². The van der Waals surface area contributed by atoms with Crippen molar-refractivity contribution >= 4 is 22.9 Å². The van der Waals surface area contributed by atoms with Gasteiger partial charge in [0.25, 0.3) is 5.91 Å². The van der Waals surface area contributed by atoms with Gasteiger partial charge in [-0.25, -0.2) is 4.98 Å². The van der Waals surface area contributed by atoms with Gasteiger partial charge in [-0.3, -0.25) is 4.79 Å². The Bertz CT molecular complexity index is 973. The van der Waals surface area contributed by atoms with E-state index >= 15 is 0 Å². The fourth-order valence-corrected chi connectivity index (χ4v) is 3.27. The van der Waals surface area contributed by atoms with Crippen LogP contribution in [0.5, 0.6) is 0 Å². The zero-order valence-electron chi connectivity index (χ0n) is 15.7. The molecule has 3 aromatic rings. The minimum absolute atomic E-state index is 0.119. The van der Waals surface area contributed by atoms with E-state index in [-0.39, 0.29) is 12.5 Å². The van der Waals surface area contributed by atoms with E-state index in [9.17, 15) is 4.79 Å². The van der Waals surface area contributed by atoms with Gasteiger partial charge in [0.15, 0.2) is 5.82 Å². The van der Waals surface area contributed by atoms with Crippen LogP contribution in [0.25, 0.3) is 11.0 Å². The fourth-order valence-electron chi connectivity index (χ4n) is 3.27. The normalized spacial score (nSPS) is 14.7. The number of imidazole rings is 1. The van der Waals surface area contributed by atoms with Gasteiger partial charge in [-0.1, -0.05) is 5.16 Å². The molecule has 9 heteroatoms. The van der Waals surface area contributed by atoms with Crippen LogP contribution >= 0.6 is 0 Å². The van der Waals surface area contributed by atoms with Crippen molar-refractivity contribution in [2.24, 2.45) is 7.05 Å². The quantitative estimate of drug-likeness (QED) is 0.685. The number of morpholine rings is 1. The second-order valence-electron chi connectivity index (χ2n) is 6.67. The van der Waals surface area contributed by atoms with Crippen molar-refractivity contribution in [3.8, 4) is 0 Å². The van der Waals surface area contributed by atoms with E-state index in [0.29, 0.717) is 30.5 Å². The van der Waals surface area contributed by atoms with Crippen LogP contribution in [0.15, 0.2) is 22.7 Å². The Kier molecular flexibility index (Phi) is 4.53. The van der Waals surface area contributed by atoms with E-state index in [1.165, 1.54) is 0 Å². The number of aryl methyl sites for hydroxylation is 2. The lowest BCUT2D eigenvalue weighted by Crippen LogP contribution is -2.37. The second-order valence-corrected chi connectivity index (χ2v) is 6.67. The SMILES string of the molecule is Cc1noc(CN(C)C(=O)c2ccc3c(c2)nc(N2CCOCC2)n3C)n1. The van der Waals surface area contributed by atoms with E-state index in [4.69, 9.17) is 14.2 Å². The average molecular weight is 370 g/mol. The van der Waals surface area contributed by atoms with Crippen molar-refractivity contribution in [3.05, 3.63) is 35.5 Å². The molecule has 1 saturated heterocycles. The van der Waals surface area contributed by atoms with Gasteiger partial charge in [-0.05, 0) is 25.1 Å². The molecule has 0 bridgehead atoms. The number of rotatable bonds is 4. The molecule has 0 atom stereocenters. The molecule has 9 nitrogen and oxygen atoms in total. The predicted molar refractivity (Wildman–Crippen MR) is 98.6 cm³/mol. The van der Waals surface area contributed by atoms with Crippen LogP contribution in [-0.4, -0.2) is 63.8 Å². The zero-order chi connectivity index (χ0) is 19.0. The third-order valence-corrected chi connectivity index (χ3v) is 4.69. The minimum atomic E-state index is -0.119. The van der Waals surface area contributed by atoms with Gasteiger partial charge in [0.1, 0.15) is 0 Å². The molecule has 1 fully saturated rings. The minimum Gasteiger partial charge on any atom is -0.378 e. The Morgan fingerprint density at radius 2 is 2.04 bits per heavy atom. The molecule has 0 N–H and O–H groups in total. The number of carbonyl (C=O) groups is 1. The van der Waals surface area contributed by atoms with Crippen molar-refractivity contribution in [1.82, 2.24) is 24.6 Å². The molecule has 3 heterocycles. The van der Waals surface area contributed by atoms with Crippen LogP contribution in [0, 0.1) is 6.92 Å². The van der Waals surface area contributed by atoms with Crippen molar-refractivity contribution in [2.75, 3.05) is 38.3 Å². The number of carbonyl (C=O) groups excluding carboxylic acids is 1. The highest BCUT2D eigenvalue weighted by Gasteiger charge is 2.20. The molecule has 0 radical (unpaired) electrons. The number of amides is 1. The van der Waals surface area contributed by atoms with Crippen LogP contribution < -0.4 is 4.90 Å². The molecular formula is C18H22N6O3. The summed E-state index contributed by atoms with van der Waals surface area (Å²) in [5.74, 6) is 1.74. The summed E-state index contributed by atoms with van der Waals surface area (Å²) in [4.78, 5) is 25.4. The Morgan fingerprint density at radius 3 is 2.74 bits per heavy atom. The monoisotopic (exact) mass is 370 g/mol. The molecule has 0 spiro atoms. The van der Waals surface area contributed by atoms with Gasteiger partial charge >= 0.3 is 0 Å². The number of anilines is 1. The third-order valence-electron chi connectivity index (χ3n) is 4.69. The van der Waals surface area contributed by atoms with Crippen molar-refractivity contribution in [3.63, 3.8) is 0 Å². The summed E-state index contributed by atoms with van der Waals surface area (Å²) in [7, 11) is 3.70. The number of fused-ring (bicyclic) bond motifs is 1. The Balaban J connectivity index is 1.57. The lowest BCUT2D eigenvalue weighted by Gasteiger charge is -2.27. The number of hydrogen-bond acceptors (Lipinski definition) is 7. The maximum absolute atomic E-state index is 12.8. The summed E-state index contributed by atoms with van der Waals surface area (Å²) >= 11 is 0. The number of aromatic nitrogens is 4. The molecule has 0 unspecified atom stereocenters. The smallest absolute Gasteiger partial charge is 0.254 e. The highest BCUT2D eigenvalue weighted by atomic mass is 16.5. The number of ether oxygens (including phenoxy) is 1. The molecule has 1 aliphatic heterocycles. The largest absolute Gasteiger partial charge is 0.378 e. The summed E-state index contributed by atoms with van der Waals surface area (Å²) < 4.78 is 12.6. The maximum atomic E-state index is 12.8. The summed E-state index contributed by atoms with van der Waals surface area (Å²) in [6, 6.07) is 5.59. The number of hydrogen-bond donors (Lipinski definition) is 0. The van der Waals surface area contributed by atoms with E-state index < -0.39 is 0 Å². The molecule has 1 aliphatic rings. The molecule has 1 aromatic carbocycles. The van der Waals surface area contributed by atoms with Crippen LogP contribution in [-0.2, 0) is 18.3 Å². The third kappa shape index (κ3) is 3.37. The average Bonchev–Trinajstić information content (AvgIpc) is 3.24. The second kappa shape index (κ2) is 6.99. The standard InChI is InChI=1S/C18H22N6O3/c1-12-19-16(27-21-12)11-22(2)17(25)13-4-5-15-14(10-13)20-18(23(15)3)24-6-8-26-9-7-24/h4-5,10H,6-9,11H2,1-3H3. The predicted octanol–water partition coefficient (Wildman–Crippen LogP) is 1.37. The number of benzene rings is 1. The first-order chi connectivity index (χ1) is 13.0. The Hall–Kier alpha value is -2.94. The van der Waals surface area contributed by atoms with E-state index in [0.717, 1.165) is 30.1 Å². The zero-order valence-corrected chi connectivity index (χ0v) is 15.7. The lowest BCUT2D eigenvalue weighted by molar-refractivity contribution is 0.0769. The molecule has 1 amide bonds. The molecule has 2 aromatic heterocycles. The first kappa shape index (κ1) is 17.5. The van der Waals surface area contributed by atoms with Gasteiger partial charge in [0.2, 0.25) is 11.8 Å². The summed E-state index contributed by atoms with van der Waals surface area (Å²) in [5, 5.41) is 3.75. The highest BCUT2D eigenvalue weighted by Crippen LogP contribution is 2.23. The molecule has 0 saturated carbocycles. The van der Waals surface area contributed by atoms with Crippen LogP contribution in [0.2, 0.25) is 0 Å². The van der Waals surface area contributed by atoms with Gasteiger partial charge in [0.05, 0.1) is 30.8 Å². The van der Waals surface area contributed by atoms with Crippen molar-refractivity contribution < 1.29 is 14.1 Å². The maximum Gasteiger partial charge on any atom is 0.254 e. The van der Waals surface area contributed by atoms with Gasteiger partial charge in [-0.15, -0.1) is 0 Å². The Morgan fingerprint density at radius 1 is 1.26 bits per heavy atom. The molecule has 142 valence electrons. The van der Waals surface area contributed by atoms with Gasteiger partial charge < -0.3 is 23.6 Å². The fraction of sp³-hybridized carbons (Fsp3) is 0.444. The van der Waals surface area contributed by atoms with E-state index in [1.807, 2.05) is 25.2 Å². The summed E-state index contributed by atoms with van der Waals surface area (Å²) in [6.07, 6.45) is 0. The first-order valence-corrected chi connectivity index (χ1v) is 8.87. The summed E-state index contributed by atoms with van der Waals surface area (Å²) in [6.45, 7) is 5.04. The van der Waals surface area contributed by atoms with Crippen molar-refractivity contribution in [1.29, 1.82) is 0 Å².